The van der Waals surface area contributed by atoms with E-state index < -0.39 is 11.7 Å². The topological polar surface area (TPSA) is 58.6 Å². The highest BCUT2D eigenvalue weighted by atomic mass is 16.5. The van der Waals surface area contributed by atoms with Gasteiger partial charge in [-0.1, -0.05) is 30.3 Å². The lowest BCUT2D eigenvalue weighted by atomic mass is 9.96. The van der Waals surface area contributed by atoms with Gasteiger partial charge in [0.2, 0.25) is 0 Å². The van der Waals surface area contributed by atoms with Crippen molar-refractivity contribution >= 4 is 6.09 Å². The van der Waals surface area contributed by atoms with E-state index in [0.29, 0.717) is 18.9 Å². The van der Waals surface area contributed by atoms with Crippen LogP contribution >= 0.6 is 0 Å². The Morgan fingerprint density at radius 2 is 2.11 bits per heavy atom. The molecule has 1 aromatic rings. The second kappa shape index (κ2) is 6.06. The lowest BCUT2D eigenvalue weighted by molar-refractivity contribution is 0.0282. The second-order valence-electron chi connectivity index (χ2n) is 5.37. The van der Waals surface area contributed by atoms with Crippen molar-refractivity contribution in [1.82, 2.24) is 5.32 Å². The number of carbonyl (C=O) groups is 1. The number of rotatable bonds is 6. The first-order chi connectivity index (χ1) is 9.08. The van der Waals surface area contributed by atoms with E-state index >= 15 is 0 Å². The van der Waals surface area contributed by atoms with E-state index in [1.54, 1.807) is 0 Å². The predicted molar refractivity (Wildman–Crippen MR) is 72.6 cm³/mol. The molecule has 0 spiro atoms. The molecule has 0 aromatic heterocycles. The summed E-state index contributed by atoms with van der Waals surface area (Å²) >= 11 is 0. The number of benzene rings is 1. The molecule has 2 N–H and O–H groups in total. The molecule has 1 atom stereocenters. The van der Waals surface area contributed by atoms with Crippen molar-refractivity contribution in [3.05, 3.63) is 35.9 Å². The minimum atomic E-state index is -0.660. The van der Waals surface area contributed by atoms with Gasteiger partial charge in [0, 0.05) is 6.54 Å². The fourth-order valence-corrected chi connectivity index (χ4v) is 2.10. The van der Waals surface area contributed by atoms with Gasteiger partial charge in [0.05, 0.1) is 5.60 Å². The molecule has 1 aromatic carbocycles. The van der Waals surface area contributed by atoms with E-state index in [9.17, 15) is 9.90 Å². The zero-order chi connectivity index (χ0) is 13.7. The SMILES string of the molecule is CC(O)(CCNC(=O)OCc1ccccc1)C1CC1. The van der Waals surface area contributed by atoms with E-state index in [1.807, 2.05) is 37.3 Å². The van der Waals surface area contributed by atoms with E-state index in [2.05, 4.69) is 5.32 Å². The summed E-state index contributed by atoms with van der Waals surface area (Å²) in [5.74, 6) is 0.398. The molecule has 4 nitrogen and oxygen atoms in total. The second-order valence-corrected chi connectivity index (χ2v) is 5.37. The van der Waals surface area contributed by atoms with Gasteiger partial charge in [-0.05, 0) is 37.7 Å². The van der Waals surface area contributed by atoms with Gasteiger partial charge in [0.25, 0.3) is 0 Å². The smallest absolute Gasteiger partial charge is 0.407 e. The molecule has 1 unspecified atom stereocenters. The van der Waals surface area contributed by atoms with Gasteiger partial charge in [-0.25, -0.2) is 4.79 Å². The maximum absolute atomic E-state index is 11.5. The molecule has 1 aliphatic carbocycles. The molecule has 19 heavy (non-hydrogen) atoms. The van der Waals surface area contributed by atoms with Crippen molar-refractivity contribution in [2.24, 2.45) is 5.92 Å². The largest absolute Gasteiger partial charge is 0.445 e. The molecule has 4 heteroatoms. The maximum Gasteiger partial charge on any atom is 0.407 e. The van der Waals surface area contributed by atoms with Crippen molar-refractivity contribution < 1.29 is 14.6 Å². The molecule has 0 aliphatic heterocycles. The highest BCUT2D eigenvalue weighted by Crippen LogP contribution is 2.40. The summed E-state index contributed by atoms with van der Waals surface area (Å²) in [6, 6.07) is 9.55. The number of alkyl carbamates (subject to hydrolysis) is 1. The number of carbonyl (C=O) groups excluding carboxylic acids is 1. The van der Waals surface area contributed by atoms with Gasteiger partial charge in [-0.3, -0.25) is 0 Å². The fourth-order valence-electron chi connectivity index (χ4n) is 2.10. The zero-order valence-corrected chi connectivity index (χ0v) is 11.3. The van der Waals surface area contributed by atoms with Gasteiger partial charge < -0.3 is 15.2 Å². The molecule has 0 saturated heterocycles. The van der Waals surface area contributed by atoms with Crippen molar-refractivity contribution in [2.75, 3.05) is 6.54 Å². The van der Waals surface area contributed by atoms with Crippen LogP contribution in [0.5, 0.6) is 0 Å². The van der Waals surface area contributed by atoms with Crippen molar-refractivity contribution in [3.8, 4) is 0 Å². The fraction of sp³-hybridized carbons (Fsp3) is 0.533. The van der Waals surface area contributed by atoms with Crippen LogP contribution in [0.3, 0.4) is 0 Å². The quantitative estimate of drug-likeness (QED) is 0.829. The molecule has 1 fully saturated rings. The normalized spacial score (nSPS) is 17.6. The van der Waals surface area contributed by atoms with Crippen LogP contribution in [0.1, 0.15) is 31.7 Å². The van der Waals surface area contributed by atoms with Crippen LogP contribution in [0.25, 0.3) is 0 Å². The minimum Gasteiger partial charge on any atom is -0.445 e. The van der Waals surface area contributed by atoms with Crippen molar-refractivity contribution in [2.45, 2.75) is 38.4 Å². The van der Waals surface area contributed by atoms with E-state index in [1.165, 1.54) is 0 Å². The predicted octanol–water partition coefficient (Wildman–Crippen LogP) is 2.46. The molecule has 1 aliphatic rings. The molecule has 1 saturated carbocycles. The average Bonchev–Trinajstić information content (AvgIpc) is 3.22. The Morgan fingerprint density at radius 3 is 2.74 bits per heavy atom. The minimum absolute atomic E-state index is 0.270. The van der Waals surface area contributed by atoms with Crippen molar-refractivity contribution in [3.63, 3.8) is 0 Å². The summed E-state index contributed by atoms with van der Waals surface area (Å²) in [6.07, 6.45) is 2.31. The number of amides is 1. The van der Waals surface area contributed by atoms with E-state index in [4.69, 9.17) is 4.74 Å². The maximum atomic E-state index is 11.5. The average molecular weight is 263 g/mol. The lowest BCUT2D eigenvalue weighted by Crippen LogP contribution is -2.34. The van der Waals surface area contributed by atoms with Crippen LogP contribution in [-0.4, -0.2) is 23.3 Å². The van der Waals surface area contributed by atoms with Crippen molar-refractivity contribution in [1.29, 1.82) is 0 Å². The van der Waals surface area contributed by atoms with Gasteiger partial charge in [-0.2, -0.15) is 0 Å². The first-order valence-electron chi connectivity index (χ1n) is 6.75. The Balaban J connectivity index is 1.62. The third-order valence-corrected chi connectivity index (χ3v) is 3.57. The number of hydrogen-bond acceptors (Lipinski definition) is 3. The van der Waals surface area contributed by atoms with Crippen LogP contribution in [-0.2, 0) is 11.3 Å². The van der Waals surface area contributed by atoms with Crippen LogP contribution in [0, 0.1) is 5.92 Å². The molecular formula is C15H21NO3. The molecule has 104 valence electrons. The molecule has 2 rings (SSSR count). The summed E-state index contributed by atoms with van der Waals surface area (Å²) < 4.78 is 5.09. The first-order valence-corrected chi connectivity index (χ1v) is 6.75. The van der Waals surface area contributed by atoms with Gasteiger partial charge in [0.15, 0.2) is 0 Å². The van der Waals surface area contributed by atoms with E-state index in [-0.39, 0.29) is 6.61 Å². The Labute approximate surface area is 113 Å². The molecule has 0 heterocycles. The summed E-state index contributed by atoms with van der Waals surface area (Å²) in [5.41, 5.74) is 0.301. The summed E-state index contributed by atoms with van der Waals surface area (Å²) in [5, 5.41) is 12.8. The molecule has 0 radical (unpaired) electrons. The van der Waals surface area contributed by atoms with Crippen LogP contribution in [0.4, 0.5) is 4.79 Å². The van der Waals surface area contributed by atoms with Crippen LogP contribution < -0.4 is 5.32 Å². The monoisotopic (exact) mass is 263 g/mol. The molecular weight excluding hydrogens is 242 g/mol. The highest BCUT2D eigenvalue weighted by molar-refractivity contribution is 5.67. The van der Waals surface area contributed by atoms with Crippen LogP contribution in [0.2, 0.25) is 0 Å². The third kappa shape index (κ3) is 4.56. The number of nitrogens with one attached hydrogen (secondary N) is 1. The summed E-state index contributed by atoms with van der Waals surface area (Å²) in [6.45, 7) is 2.55. The number of hydrogen-bond donors (Lipinski definition) is 2. The lowest BCUT2D eigenvalue weighted by Gasteiger charge is -2.22. The summed E-state index contributed by atoms with van der Waals surface area (Å²) in [4.78, 5) is 11.5. The van der Waals surface area contributed by atoms with Gasteiger partial charge >= 0.3 is 6.09 Å². The summed E-state index contributed by atoms with van der Waals surface area (Å²) in [7, 11) is 0. The van der Waals surface area contributed by atoms with Gasteiger partial charge in [-0.15, -0.1) is 0 Å². The number of ether oxygens (including phenoxy) is 1. The standard InChI is InChI=1S/C15H21NO3/c1-15(18,13-7-8-13)9-10-16-14(17)19-11-12-5-3-2-4-6-12/h2-6,13,18H,7-11H2,1H3,(H,16,17). The molecule has 0 bridgehead atoms. The Bertz CT molecular complexity index is 413. The Morgan fingerprint density at radius 1 is 1.42 bits per heavy atom. The highest BCUT2D eigenvalue weighted by Gasteiger charge is 2.39. The van der Waals surface area contributed by atoms with Gasteiger partial charge in [0.1, 0.15) is 6.61 Å². The Hall–Kier alpha value is -1.55. The first kappa shape index (κ1) is 13.9. The van der Waals surface area contributed by atoms with Crippen LogP contribution in [0.15, 0.2) is 30.3 Å². The Kier molecular flexibility index (Phi) is 4.43. The zero-order valence-electron chi connectivity index (χ0n) is 11.3. The third-order valence-electron chi connectivity index (χ3n) is 3.57. The number of aliphatic hydroxyl groups is 1. The van der Waals surface area contributed by atoms with E-state index in [0.717, 1.165) is 18.4 Å². The molecule has 1 amide bonds.